The molecular weight excluding hydrogens is 212 g/mol. The zero-order valence-electron chi connectivity index (χ0n) is 12.0. The molecule has 0 N–H and O–H groups in total. The Bertz CT molecular complexity index is 178. The molecule has 0 unspecified atom stereocenters. The Kier molecular flexibility index (Phi) is 11.6. The smallest absolute Gasteiger partial charge is 0.306 e. The van der Waals surface area contributed by atoms with E-state index in [9.17, 15) is 4.79 Å². The Hall–Kier alpha value is -0.530. The van der Waals surface area contributed by atoms with Crippen molar-refractivity contribution in [3.05, 3.63) is 0 Å². The molecule has 0 aliphatic rings. The molecule has 2 heteroatoms. The highest BCUT2D eigenvalue weighted by Crippen LogP contribution is 2.10. The maximum absolute atomic E-state index is 11.4. The number of hydrogen-bond acceptors (Lipinski definition) is 2. The van der Waals surface area contributed by atoms with E-state index >= 15 is 0 Å². The molecule has 102 valence electrons. The molecule has 0 aliphatic heterocycles. The van der Waals surface area contributed by atoms with E-state index in [1.807, 2.05) is 6.92 Å². The van der Waals surface area contributed by atoms with E-state index in [0.29, 0.717) is 6.42 Å². The fourth-order valence-electron chi connectivity index (χ4n) is 1.98. The van der Waals surface area contributed by atoms with Crippen LogP contribution < -0.4 is 0 Å². The molecule has 0 saturated heterocycles. The molecule has 0 aliphatic carbocycles. The fourth-order valence-corrected chi connectivity index (χ4v) is 1.98. The van der Waals surface area contributed by atoms with Gasteiger partial charge in [0.15, 0.2) is 0 Å². The summed E-state index contributed by atoms with van der Waals surface area (Å²) in [4.78, 5) is 11.4. The van der Waals surface area contributed by atoms with Gasteiger partial charge in [-0.25, -0.2) is 0 Å². The molecule has 17 heavy (non-hydrogen) atoms. The molecule has 0 radical (unpaired) electrons. The SMILES string of the molecule is CCCCCCCCCC(=O)O[C@H](C)CCC. The van der Waals surface area contributed by atoms with Crippen LogP contribution in [-0.4, -0.2) is 12.1 Å². The van der Waals surface area contributed by atoms with Crippen molar-refractivity contribution in [3.63, 3.8) is 0 Å². The predicted molar refractivity (Wildman–Crippen MR) is 73.1 cm³/mol. The summed E-state index contributed by atoms with van der Waals surface area (Å²) in [5.41, 5.74) is 0. The van der Waals surface area contributed by atoms with Crippen LogP contribution in [0.4, 0.5) is 0 Å². The zero-order valence-corrected chi connectivity index (χ0v) is 12.0. The van der Waals surface area contributed by atoms with Gasteiger partial charge in [0, 0.05) is 6.42 Å². The summed E-state index contributed by atoms with van der Waals surface area (Å²) in [6, 6.07) is 0. The van der Waals surface area contributed by atoms with E-state index < -0.39 is 0 Å². The first kappa shape index (κ1) is 16.5. The molecule has 0 aromatic carbocycles. The molecule has 0 aromatic heterocycles. The largest absolute Gasteiger partial charge is 0.463 e. The normalized spacial score (nSPS) is 12.4. The highest BCUT2D eigenvalue weighted by atomic mass is 16.5. The second-order valence-electron chi connectivity index (χ2n) is 4.96. The number of ether oxygens (including phenoxy) is 1. The van der Waals surface area contributed by atoms with Crippen molar-refractivity contribution in [3.8, 4) is 0 Å². The minimum absolute atomic E-state index is 0.0143. The summed E-state index contributed by atoms with van der Waals surface area (Å²) in [7, 11) is 0. The highest BCUT2D eigenvalue weighted by Gasteiger charge is 2.07. The lowest BCUT2D eigenvalue weighted by molar-refractivity contribution is -0.148. The van der Waals surface area contributed by atoms with E-state index in [-0.39, 0.29) is 12.1 Å². The Morgan fingerprint density at radius 2 is 1.53 bits per heavy atom. The average Bonchev–Trinajstić information content (AvgIpc) is 2.28. The first-order valence-electron chi connectivity index (χ1n) is 7.40. The van der Waals surface area contributed by atoms with Gasteiger partial charge in [-0.15, -0.1) is 0 Å². The Labute approximate surface area is 107 Å². The minimum Gasteiger partial charge on any atom is -0.463 e. The summed E-state index contributed by atoms with van der Waals surface area (Å²) < 4.78 is 5.30. The van der Waals surface area contributed by atoms with E-state index in [1.165, 1.54) is 38.5 Å². The molecule has 0 aromatic rings. The number of esters is 1. The molecular formula is C15H30O2. The number of carbonyl (C=O) groups is 1. The van der Waals surface area contributed by atoms with Crippen molar-refractivity contribution in [2.45, 2.75) is 91.1 Å². The van der Waals surface area contributed by atoms with Crippen LogP contribution in [0.3, 0.4) is 0 Å². The van der Waals surface area contributed by atoms with Crippen molar-refractivity contribution < 1.29 is 9.53 Å². The maximum atomic E-state index is 11.4. The summed E-state index contributed by atoms with van der Waals surface area (Å²) in [5, 5.41) is 0. The van der Waals surface area contributed by atoms with Gasteiger partial charge in [-0.2, -0.15) is 0 Å². The van der Waals surface area contributed by atoms with Crippen molar-refractivity contribution in [1.29, 1.82) is 0 Å². The Morgan fingerprint density at radius 1 is 0.941 bits per heavy atom. The number of carbonyl (C=O) groups excluding carboxylic acids is 1. The van der Waals surface area contributed by atoms with Gasteiger partial charge in [0.1, 0.15) is 0 Å². The standard InChI is InChI=1S/C15H30O2/c1-4-6-7-8-9-10-11-13-15(16)17-14(3)12-5-2/h14H,4-13H2,1-3H3/t14-/m1/s1. The van der Waals surface area contributed by atoms with Crippen molar-refractivity contribution in [1.82, 2.24) is 0 Å². The average molecular weight is 242 g/mol. The molecule has 0 rings (SSSR count). The molecule has 1 atom stereocenters. The zero-order chi connectivity index (χ0) is 12.9. The quantitative estimate of drug-likeness (QED) is 0.382. The lowest BCUT2D eigenvalue weighted by atomic mass is 10.1. The van der Waals surface area contributed by atoms with Crippen LogP contribution in [-0.2, 0) is 9.53 Å². The second kappa shape index (κ2) is 11.9. The second-order valence-corrected chi connectivity index (χ2v) is 4.96. The summed E-state index contributed by atoms with van der Waals surface area (Å²) in [6.07, 6.45) is 11.5. The molecule has 0 bridgehead atoms. The Morgan fingerprint density at radius 3 is 2.12 bits per heavy atom. The molecule has 0 spiro atoms. The summed E-state index contributed by atoms with van der Waals surface area (Å²) in [5.74, 6) is -0.0143. The van der Waals surface area contributed by atoms with Gasteiger partial charge in [0.25, 0.3) is 0 Å². The van der Waals surface area contributed by atoms with Crippen LogP contribution in [0.5, 0.6) is 0 Å². The van der Waals surface area contributed by atoms with Crippen LogP contribution in [0.2, 0.25) is 0 Å². The van der Waals surface area contributed by atoms with Gasteiger partial charge in [-0.1, -0.05) is 58.8 Å². The summed E-state index contributed by atoms with van der Waals surface area (Å²) >= 11 is 0. The minimum atomic E-state index is -0.0143. The molecule has 0 heterocycles. The van der Waals surface area contributed by atoms with Gasteiger partial charge < -0.3 is 4.74 Å². The van der Waals surface area contributed by atoms with Gasteiger partial charge in [-0.05, 0) is 19.8 Å². The van der Waals surface area contributed by atoms with Crippen molar-refractivity contribution >= 4 is 5.97 Å². The van der Waals surface area contributed by atoms with Crippen LogP contribution in [0.15, 0.2) is 0 Å². The van der Waals surface area contributed by atoms with Crippen LogP contribution in [0.25, 0.3) is 0 Å². The van der Waals surface area contributed by atoms with E-state index in [2.05, 4.69) is 13.8 Å². The third-order valence-electron chi connectivity index (χ3n) is 3.01. The first-order chi connectivity index (χ1) is 8.20. The van der Waals surface area contributed by atoms with Crippen LogP contribution in [0.1, 0.15) is 85.0 Å². The molecule has 0 saturated carbocycles. The van der Waals surface area contributed by atoms with Gasteiger partial charge >= 0.3 is 5.97 Å². The maximum Gasteiger partial charge on any atom is 0.306 e. The van der Waals surface area contributed by atoms with E-state index in [1.54, 1.807) is 0 Å². The van der Waals surface area contributed by atoms with E-state index in [0.717, 1.165) is 19.3 Å². The van der Waals surface area contributed by atoms with Gasteiger partial charge in [0.05, 0.1) is 6.10 Å². The Balaban J connectivity index is 3.27. The van der Waals surface area contributed by atoms with Crippen LogP contribution >= 0.6 is 0 Å². The van der Waals surface area contributed by atoms with Gasteiger partial charge in [-0.3, -0.25) is 4.79 Å². The third kappa shape index (κ3) is 11.7. The van der Waals surface area contributed by atoms with Crippen molar-refractivity contribution in [2.75, 3.05) is 0 Å². The fraction of sp³-hybridized carbons (Fsp3) is 0.933. The third-order valence-corrected chi connectivity index (χ3v) is 3.01. The number of unbranched alkanes of at least 4 members (excludes halogenated alkanes) is 6. The number of rotatable bonds is 11. The van der Waals surface area contributed by atoms with E-state index in [4.69, 9.17) is 4.74 Å². The lowest BCUT2D eigenvalue weighted by Crippen LogP contribution is -2.14. The lowest BCUT2D eigenvalue weighted by Gasteiger charge is -2.11. The number of hydrogen-bond donors (Lipinski definition) is 0. The van der Waals surface area contributed by atoms with Gasteiger partial charge in [0.2, 0.25) is 0 Å². The van der Waals surface area contributed by atoms with Crippen molar-refractivity contribution in [2.24, 2.45) is 0 Å². The van der Waals surface area contributed by atoms with Crippen LogP contribution in [0, 0.1) is 0 Å². The summed E-state index contributed by atoms with van der Waals surface area (Å²) in [6.45, 7) is 6.32. The molecule has 2 nitrogen and oxygen atoms in total. The highest BCUT2D eigenvalue weighted by molar-refractivity contribution is 5.69. The first-order valence-corrected chi connectivity index (χ1v) is 7.40. The predicted octanol–water partition coefficient (Wildman–Crippen LogP) is 4.86. The monoisotopic (exact) mass is 242 g/mol. The molecule has 0 amide bonds. The topological polar surface area (TPSA) is 26.3 Å². The molecule has 0 fully saturated rings.